The molecule has 1 aliphatic rings. The summed E-state index contributed by atoms with van der Waals surface area (Å²) in [5, 5.41) is 0. The van der Waals surface area contributed by atoms with Gasteiger partial charge in [0.1, 0.15) is 5.75 Å². The monoisotopic (exact) mass is 514 g/mol. The largest absolute Gasteiger partial charge is 0.497 e. The second-order valence-electron chi connectivity index (χ2n) is 10.5. The molecule has 1 heterocycles. The molecule has 4 rings (SSSR count). The molecule has 1 atom stereocenters. The molecule has 1 saturated heterocycles. The summed E-state index contributed by atoms with van der Waals surface area (Å²) in [6.07, 6.45) is 2.39. The van der Waals surface area contributed by atoms with E-state index in [9.17, 15) is 4.79 Å². The van der Waals surface area contributed by atoms with E-state index in [1.54, 1.807) is 7.11 Å². The van der Waals surface area contributed by atoms with Crippen LogP contribution in [0.4, 0.5) is 5.69 Å². The predicted molar refractivity (Wildman–Crippen MR) is 156 cm³/mol. The third kappa shape index (κ3) is 6.57. The minimum Gasteiger partial charge on any atom is -0.497 e. The number of piperazine rings is 1. The summed E-state index contributed by atoms with van der Waals surface area (Å²) in [6.45, 7) is 11.0. The normalized spacial score (nSPS) is 15.8. The molecule has 0 amide bonds. The van der Waals surface area contributed by atoms with Crippen LogP contribution < -0.4 is 9.64 Å². The molecule has 0 aliphatic carbocycles. The first-order valence-corrected chi connectivity index (χ1v) is 13.9. The van der Waals surface area contributed by atoms with Crippen molar-refractivity contribution in [2.24, 2.45) is 0 Å². The van der Waals surface area contributed by atoms with Crippen molar-refractivity contribution < 1.29 is 14.3 Å². The van der Waals surface area contributed by atoms with Crippen molar-refractivity contribution in [3.05, 3.63) is 84.4 Å². The van der Waals surface area contributed by atoms with Crippen LogP contribution in [0.3, 0.4) is 0 Å². The van der Waals surface area contributed by atoms with E-state index in [-0.39, 0.29) is 12.1 Å². The molecule has 3 aromatic carbocycles. The molecule has 0 bridgehead atoms. The summed E-state index contributed by atoms with van der Waals surface area (Å²) in [5.74, 6) is 0.781. The third-order valence-corrected chi connectivity index (χ3v) is 7.77. The van der Waals surface area contributed by atoms with E-state index >= 15 is 0 Å². The number of hydrogen-bond acceptors (Lipinski definition) is 5. The maximum Gasteiger partial charge on any atom is 0.316 e. The van der Waals surface area contributed by atoms with Crippen LogP contribution >= 0.6 is 0 Å². The number of carbonyl (C=O) groups excluding carboxylic acids is 1. The lowest BCUT2D eigenvalue weighted by molar-refractivity contribution is -0.155. The average Bonchev–Trinajstić information content (AvgIpc) is 2.96. The highest BCUT2D eigenvalue weighted by Gasteiger charge is 2.40. The molecule has 5 nitrogen and oxygen atoms in total. The van der Waals surface area contributed by atoms with Crippen molar-refractivity contribution in [1.29, 1.82) is 0 Å². The number of rotatable bonds is 11. The fraction of sp³-hybridized carbons (Fsp3) is 0.424. The zero-order chi connectivity index (χ0) is 27.0. The number of esters is 1. The Kier molecular flexibility index (Phi) is 9.46. The van der Waals surface area contributed by atoms with E-state index < -0.39 is 5.41 Å². The predicted octanol–water partition coefficient (Wildman–Crippen LogP) is 6.56. The number of nitrogens with zero attached hydrogens (tertiary/aromatic N) is 2. The van der Waals surface area contributed by atoms with Crippen molar-refractivity contribution in [1.82, 2.24) is 4.90 Å². The van der Waals surface area contributed by atoms with Crippen LogP contribution in [0.1, 0.15) is 45.6 Å². The van der Waals surface area contributed by atoms with Gasteiger partial charge < -0.3 is 14.4 Å². The van der Waals surface area contributed by atoms with Gasteiger partial charge in [-0.3, -0.25) is 9.69 Å². The van der Waals surface area contributed by atoms with Gasteiger partial charge in [-0.25, -0.2) is 0 Å². The molecule has 0 radical (unpaired) electrons. The van der Waals surface area contributed by atoms with Crippen LogP contribution in [0, 0.1) is 0 Å². The maximum absolute atomic E-state index is 13.3. The molecule has 202 valence electrons. The van der Waals surface area contributed by atoms with Gasteiger partial charge in [0, 0.05) is 31.9 Å². The second-order valence-corrected chi connectivity index (χ2v) is 10.5. The summed E-state index contributed by atoms with van der Waals surface area (Å²) in [5.41, 5.74) is 4.16. The summed E-state index contributed by atoms with van der Waals surface area (Å²) in [7, 11) is 1.69. The first kappa shape index (κ1) is 27.7. The van der Waals surface area contributed by atoms with Crippen molar-refractivity contribution in [2.75, 3.05) is 44.7 Å². The van der Waals surface area contributed by atoms with Gasteiger partial charge in [-0.05, 0) is 80.6 Å². The molecule has 5 heteroatoms. The fourth-order valence-corrected chi connectivity index (χ4v) is 5.46. The zero-order valence-electron chi connectivity index (χ0n) is 23.4. The Labute approximate surface area is 228 Å². The van der Waals surface area contributed by atoms with E-state index in [1.165, 1.54) is 16.8 Å². The number of methoxy groups -OCH3 is 1. The minimum atomic E-state index is -0.584. The molecule has 0 saturated carbocycles. The maximum atomic E-state index is 13.3. The van der Waals surface area contributed by atoms with Crippen LogP contribution in [0.15, 0.2) is 78.9 Å². The Morgan fingerprint density at radius 2 is 1.47 bits per heavy atom. The summed E-state index contributed by atoms with van der Waals surface area (Å²) in [6, 6.07) is 27.2. The van der Waals surface area contributed by atoms with Crippen molar-refractivity contribution in [3.8, 4) is 16.9 Å². The van der Waals surface area contributed by atoms with Crippen LogP contribution in [0.5, 0.6) is 5.75 Å². The Balaban J connectivity index is 1.31. The fourth-order valence-electron chi connectivity index (χ4n) is 5.46. The minimum absolute atomic E-state index is 0.0934. The Bertz CT molecular complexity index is 1140. The SMILES string of the molecule is CCC(CCCN1CCN(c2ccc(-c3ccc(OC)cc3)cc2)CC1)(C(=O)OC(C)C)c1ccccc1. The summed E-state index contributed by atoms with van der Waals surface area (Å²) >= 11 is 0. The number of anilines is 1. The van der Waals surface area contributed by atoms with Gasteiger partial charge in [0.2, 0.25) is 0 Å². The smallest absolute Gasteiger partial charge is 0.316 e. The molecule has 0 aromatic heterocycles. The topological polar surface area (TPSA) is 42.0 Å². The van der Waals surface area contributed by atoms with Gasteiger partial charge in [-0.15, -0.1) is 0 Å². The van der Waals surface area contributed by atoms with Crippen molar-refractivity contribution >= 4 is 11.7 Å². The first-order valence-electron chi connectivity index (χ1n) is 13.9. The van der Waals surface area contributed by atoms with Crippen LogP contribution in [-0.4, -0.2) is 56.8 Å². The van der Waals surface area contributed by atoms with Gasteiger partial charge in [-0.2, -0.15) is 0 Å². The molecule has 1 unspecified atom stereocenters. The zero-order valence-corrected chi connectivity index (χ0v) is 23.4. The third-order valence-electron chi connectivity index (χ3n) is 7.77. The first-order chi connectivity index (χ1) is 18.4. The average molecular weight is 515 g/mol. The van der Waals surface area contributed by atoms with Gasteiger partial charge in [-0.1, -0.05) is 61.5 Å². The molecule has 0 N–H and O–H groups in total. The van der Waals surface area contributed by atoms with E-state index in [0.29, 0.717) is 0 Å². The van der Waals surface area contributed by atoms with Crippen LogP contribution in [-0.2, 0) is 14.9 Å². The Morgan fingerprint density at radius 3 is 2.03 bits per heavy atom. The number of hydrogen-bond donors (Lipinski definition) is 0. The van der Waals surface area contributed by atoms with E-state index in [2.05, 4.69) is 65.3 Å². The van der Waals surface area contributed by atoms with Crippen molar-refractivity contribution in [3.63, 3.8) is 0 Å². The molecule has 38 heavy (non-hydrogen) atoms. The van der Waals surface area contributed by atoms with Gasteiger partial charge in [0.25, 0.3) is 0 Å². The van der Waals surface area contributed by atoms with E-state index in [0.717, 1.165) is 63.3 Å². The highest BCUT2D eigenvalue weighted by Crippen LogP contribution is 2.35. The molecule has 1 aliphatic heterocycles. The standard InChI is InChI=1S/C33H42N2O3/c1-5-33(32(36)38-26(2)3,29-10-7-6-8-11-29)20-9-21-34-22-24-35(25-23-34)30-16-12-27(13-17-30)28-14-18-31(37-4)19-15-28/h6-8,10-19,26H,5,9,20-25H2,1-4H3. The number of carbonyl (C=O) groups is 1. The lowest BCUT2D eigenvalue weighted by Crippen LogP contribution is -2.47. The van der Waals surface area contributed by atoms with Crippen LogP contribution in [0.25, 0.3) is 11.1 Å². The second kappa shape index (κ2) is 13.0. The molecule has 1 fully saturated rings. The van der Waals surface area contributed by atoms with E-state index in [1.807, 2.05) is 44.2 Å². The molecular formula is C33H42N2O3. The number of ether oxygens (including phenoxy) is 2. The molecule has 3 aromatic rings. The highest BCUT2D eigenvalue weighted by molar-refractivity contribution is 5.83. The Morgan fingerprint density at radius 1 is 0.868 bits per heavy atom. The van der Waals surface area contributed by atoms with Crippen molar-refractivity contribution in [2.45, 2.75) is 51.6 Å². The summed E-state index contributed by atoms with van der Waals surface area (Å²) in [4.78, 5) is 18.3. The molecular weight excluding hydrogens is 472 g/mol. The lowest BCUT2D eigenvalue weighted by Gasteiger charge is -2.37. The Hall–Kier alpha value is -3.31. The van der Waals surface area contributed by atoms with Gasteiger partial charge in [0.05, 0.1) is 18.6 Å². The summed E-state index contributed by atoms with van der Waals surface area (Å²) < 4.78 is 11.0. The highest BCUT2D eigenvalue weighted by atomic mass is 16.5. The van der Waals surface area contributed by atoms with Crippen LogP contribution in [0.2, 0.25) is 0 Å². The van der Waals surface area contributed by atoms with Gasteiger partial charge in [0.15, 0.2) is 0 Å². The van der Waals surface area contributed by atoms with Gasteiger partial charge >= 0.3 is 5.97 Å². The van der Waals surface area contributed by atoms with E-state index in [4.69, 9.17) is 9.47 Å². The number of benzene rings is 3. The molecule has 0 spiro atoms. The lowest BCUT2D eigenvalue weighted by atomic mass is 9.74. The quantitative estimate of drug-likeness (QED) is 0.271.